The minimum absolute atomic E-state index is 0.117. The molecule has 0 radical (unpaired) electrons. The third-order valence-electron chi connectivity index (χ3n) is 3.36. The van der Waals surface area contributed by atoms with Crippen LogP contribution in [0, 0.1) is 0 Å². The van der Waals surface area contributed by atoms with E-state index >= 15 is 0 Å². The first kappa shape index (κ1) is 16.0. The van der Waals surface area contributed by atoms with Gasteiger partial charge >= 0.3 is 0 Å². The number of benzene rings is 2. The Balaban J connectivity index is 2.08. The summed E-state index contributed by atoms with van der Waals surface area (Å²) >= 11 is 0. The number of hydrogen-bond donors (Lipinski definition) is 1. The summed E-state index contributed by atoms with van der Waals surface area (Å²) in [6.07, 6.45) is 2.26. The molecule has 0 spiro atoms. The van der Waals surface area contributed by atoms with Gasteiger partial charge in [-0.3, -0.25) is 4.79 Å². The fourth-order valence-corrected chi connectivity index (χ4v) is 2.23. The smallest absolute Gasteiger partial charge is 0.228 e. The molecule has 114 valence electrons. The molecule has 2 aromatic rings. The number of nitrogens with one attached hydrogen (secondary N) is 1. The topological polar surface area (TPSA) is 32.3 Å². The van der Waals surface area contributed by atoms with E-state index in [1.807, 2.05) is 65.6 Å². The predicted octanol–water partition coefficient (Wildman–Crippen LogP) is 3.39. The van der Waals surface area contributed by atoms with E-state index in [-0.39, 0.29) is 5.91 Å². The van der Waals surface area contributed by atoms with E-state index in [1.54, 1.807) is 6.08 Å². The van der Waals surface area contributed by atoms with Crippen LogP contribution >= 0.6 is 0 Å². The molecule has 22 heavy (non-hydrogen) atoms. The van der Waals surface area contributed by atoms with Gasteiger partial charge in [-0.1, -0.05) is 54.6 Å². The second kappa shape index (κ2) is 8.80. The number of anilines is 1. The monoisotopic (exact) mass is 294 g/mol. The highest BCUT2D eigenvalue weighted by Gasteiger charge is 2.15. The van der Waals surface area contributed by atoms with Crippen molar-refractivity contribution in [2.75, 3.05) is 18.0 Å². The number of carbonyl (C=O) groups is 1. The van der Waals surface area contributed by atoms with Gasteiger partial charge in [-0.2, -0.15) is 0 Å². The molecular formula is C19H22N2O. The first-order valence-corrected chi connectivity index (χ1v) is 7.52. The third kappa shape index (κ3) is 4.86. The van der Waals surface area contributed by atoms with E-state index in [4.69, 9.17) is 0 Å². The molecule has 0 aliphatic heterocycles. The molecule has 0 saturated carbocycles. The van der Waals surface area contributed by atoms with Gasteiger partial charge in [-0.05, 0) is 17.7 Å². The van der Waals surface area contributed by atoms with Crippen LogP contribution in [0.3, 0.4) is 0 Å². The van der Waals surface area contributed by atoms with Crippen molar-refractivity contribution < 1.29 is 4.79 Å². The lowest BCUT2D eigenvalue weighted by molar-refractivity contribution is -0.118. The SMILES string of the molecule is C=CCNCCC(=O)N(Cc1ccccc1)c1ccccc1. The minimum Gasteiger partial charge on any atom is -0.313 e. The molecular weight excluding hydrogens is 272 g/mol. The van der Waals surface area contributed by atoms with Crippen LogP contribution in [0.5, 0.6) is 0 Å². The van der Waals surface area contributed by atoms with Gasteiger partial charge < -0.3 is 10.2 Å². The van der Waals surface area contributed by atoms with Crippen molar-refractivity contribution in [3.05, 3.63) is 78.9 Å². The third-order valence-corrected chi connectivity index (χ3v) is 3.36. The molecule has 2 rings (SSSR count). The van der Waals surface area contributed by atoms with Gasteiger partial charge in [0, 0.05) is 25.2 Å². The van der Waals surface area contributed by atoms with Gasteiger partial charge in [0.25, 0.3) is 0 Å². The van der Waals surface area contributed by atoms with Crippen LogP contribution in [0.2, 0.25) is 0 Å². The fraction of sp³-hybridized carbons (Fsp3) is 0.211. The number of para-hydroxylation sites is 1. The Hall–Kier alpha value is -2.39. The maximum absolute atomic E-state index is 12.6. The Morgan fingerprint density at radius 3 is 2.32 bits per heavy atom. The summed E-state index contributed by atoms with van der Waals surface area (Å²) in [7, 11) is 0. The van der Waals surface area contributed by atoms with Crippen molar-refractivity contribution in [1.29, 1.82) is 0 Å². The van der Waals surface area contributed by atoms with Crippen LogP contribution in [-0.4, -0.2) is 19.0 Å². The predicted molar refractivity (Wildman–Crippen MR) is 91.8 cm³/mol. The largest absolute Gasteiger partial charge is 0.313 e. The zero-order chi connectivity index (χ0) is 15.6. The molecule has 3 nitrogen and oxygen atoms in total. The molecule has 1 N–H and O–H groups in total. The summed E-state index contributed by atoms with van der Waals surface area (Å²) in [5.74, 6) is 0.117. The Bertz CT molecular complexity index is 581. The molecule has 0 aliphatic rings. The Morgan fingerprint density at radius 1 is 1.05 bits per heavy atom. The van der Waals surface area contributed by atoms with Gasteiger partial charge in [-0.25, -0.2) is 0 Å². The highest BCUT2D eigenvalue weighted by molar-refractivity contribution is 5.93. The van der Waals surface area contributed by atoms with Crippen molar-refractivity contribution >= 4 is 11.6 Å². The van der Waals surface area contributed by atoms with Gasteiger partial charge in [0.2, 0.25) is 5.91 Å². The lowest BCUT2D eigenvalue weighted by Gasteiger charge is -2.23. The van der Waals surface area contributed by atoms with E-state index in [1.165, 1.54) is 0 Å². The first-order chi connectivity index (χ1) is 10.8. The summed E-state index contributed by atoms with van der Waals surface area (Å²) < 4.78 is 0. The molecule has 3 heteroatoms. The van der Waals surface area contributed by atoms with Gasteiger partial charge in [0.15, 0.2) is 0 Å². The lowest BCUT2D eigenvalue weighted by Crippen LogP contribution is -2.32. The second-order valence-electron chi connectivity index (χ2n) is 5.04. The molecule has 0 heterocycles. The molecule has 2 aromatic carbocycles. The lowest BCUT2D eigenvalue weighted by atomic mass is 10.2. The molecule has 0 atom stereocenters. The van der Waals surface area contributed by atoms with Crippen LogP contribution in [0.4, 0.5) is 5.69 Å². The average molecular weight is 294 g/mol. The molecule has 0 bridgehead atoms. The number of amides is 1. The quantitative estimate of drug-likeness (QED) is 0.598. The minimum atomic E-state index is 0.117. The van der Waals surface area contributed by atoms with Crippen LogP contribution in [0.1, 0.15) is 12.0 Å². The normalized spacial score (nSPS) is 10.2. The second-order valence-corrected chi connectivity index (χ2v) is 5.04. The van der Waals surface area contributed by atoms with Crippen molar-refractivity contribution in [2.45, 2.75) is 13.0 Å². The van der Waals surface area contributed by atoms with Crippen LogP contribution in [0.15, 0.2) is 73.3 Å². The van der Waals surface area contributed by atoms with E-state index in [2.05, 4.69) is 11.9 Å². The maximum atomic E-state index is 12.6. The van der Waals surface area contributed by atoms with E-state index in [9.17, 15) is 4.79 Å². The maximum Gasteiger partial charge on any atom is 0.228 e. The Labute approximate surface area is 132 Å². The summed E-state index contributed by atoms with van der Waals surface area (Å²) in [6.45, 7) is 5.62. The van der Waals surface area contributed by atoms with Crippen LogP contribution in [0.25, 0.3) is 0 Å². The van der Waals surface area contributed by atoms with Crippen molar-refractivity contribution in [3.63, 3.8) is 0 Å². The highest BCUT2D eigenvalue weighted by Crippen LogP contribution is 2.17. The number of nitrogens with zero attached hydrogens (tertiary/aromatic N) is 1. The summed E-state index contributed by atoms with van der Waals surface area (Å²) in [4.78, 5) is 14.4. The summed E-state index contributed by atoms with van der Waals surface area (Å²) in [6, 6.07) is 19.9. The molecule has 0 unspecified atom stereocenters. The number of hydrogen-bond acceptors (Lipinski definition) is 2. The van der Waals surface area contributed by atoms with Gasteiger partial charge in [-0.15, -0.1) is 6.58 Å². The van der Waals surface area contributed by atoms with Crippen LogP contribution in [-0.2, 0) is 11.3 Å². The fourth-order valence-electron chi connectivity index (χ4n) is 2.23. The number of rotatable bonds is 8. The highest BCUT2D eigenvalue weighted by atomic mass is 16.2. The molecule has 0 saturated heterocycles. The number of carbonyl (C=O) groups excluding carboxylic acids is 1. The molecule has 1 amide bonds. The van der Waals surface area contributed by atoms with Crippen molar-refractivity contribution in [3.8, 4) is 0 Å². The molecule has 0 aliphatic carbocycles. The van der Waals surface area contributed by atoms with Crippen molar-refractivity contribution in [1.82, 2.24) is 5.32 Å². The summed E-state index contributed by atoms with van der Waals surface area (Å²) in [5.41, 5.74) is 2.05. The van der Waals surface area contributed by atoms with E-state index in [0.717, 1.165) is 17.8 Å². The average Bonchev–Trinajstić information content (AvgIpc) is 2.58. The first-order valence-electron chi connectivity index (χ1n) is 7.52. The van der Waals surface area contributed by atoms with Crippen molar-refractivity contribution in [2.24, 2.45) is 0 Å². The van der Waals surface area contributed by atoms with Gasteiger partial charge in [0.05, 0.1) is 6.54 Å². The molecule has 0 aromatic heterocycles. The zero-order valence-corrected chi connectivity index (χ0v) is 12.7. The standard InChI is InChI=1S/C19H22N2O/c1-2-14-20-15-13-19(22)21(18-11-7-4-8-12-18)16-17-9-5-3-6-10-17/h2-12,20H,1,13-16H2. The summed E-state index contributed by atoms with van der Waals surface area (Å²) in [5, 5.41) is 3.17. The molecule has 0 fully saturated rings. The van der Waals surface area contributed by atoms with Crippen LogP contribution < -0.4 is 10.2 Å². The van der Waals surface area contributed by atoms with Gasteiger partial charge in [0.1, 0.15) is 0 Å². The zero-order valence-electron chi connectivity index (χ0n) is 12.7. The van der Waals surface area contributed by atoms with E-state index in [0.29, 0.717) is 19.5 Å². The Kier molecular flexibility index (Phi) is 6.39. The van der Waals surface area contributed by atoms with E-state index < -0.39 is 0 Å². The Morgan fingerprint density at radius 2 is 1.68 bits per heavy atom.